The maximum atomic E-state index is 13.4. The lowest BCUT2D eigenvalue weighted by atomic mass is 10.1. The number of amides is 1. The van der Waals surface area contributed by atoms with E-state index in [1.165, 1.54) is 29.2 Å². The highest BCUT2D eigenvalue weighted by atomic mass is 19.1. The highest BCUT2D eigenvalue weighted by molar-refractivity contribution is 6.07. The summed E-state index contributed by atoms with van der Waals surface area (Å²) < 4.78 is 15.3. The minimum atomic E-state index is -1.04. The molecule has 4 aromatic rings. The van der Waals surface area contributed by atoms with Crippen LogP contribution in [0.5, 0.6) is 0 Å². The highest BCUT2D eigenvalue weighted by Gasteiger charge is 2.20. The number of nitrogens with zero attached hydrogens (tertiary/aromatic N) is 4. The van der Waals surface area contributed by atoms with E-state index in [4.69, 9.17) is 16.6 Å². The fraction of sp³-hybridized carbons (Fsp3) is 0.154. The Balaban J connectivity index is 1.55. The van der Waals surface area contributed by atoms with Crippen LogP contribution in [-0.4, -0.2) is 39.0 Å². The first-order valence-electron chi connectivity index (χ1n) is 11.4. The van der Waals surface area contributed by atoms with Crippen LogP contribution in [0.3, 0.4) is 0 Å². The molecule has 0 bridgehead atoms. The number of benzene rings is 3. The predicted octanol–water partition coefficient (Wildman–Crippen LogP) is 3.35. The number of nitrogens with two attached hydrogens (primary N) is 2. The number of rotatable bonds is 9. The van der Waals surface area contributed by atoms with Gasteiger partial charge in [0.2, 0.25) is 0 Å². The Kier molecular flexibility index (Phi) is 7.33. The first-order chi connectivity index (χ1) is 17.7. The van der Waals surface area contributed by atoms with Crippen molar-refractivity contribution in [3.63, 3.8) is 0 Å². The molecule has 6 N–H and O–H groups in total. The summed E-state index contributed by atoms with van der Waals surface area (Å²) in [7, 11) is 1.88. The summed E-state index contributed by atoms with van der Waals surface area (Å²) in [6, 6.07) is 17.7. The third-order valence-electron chi connectivity index (χ3n) is 5.73. The van der Waals surface area contributed by atoms with E-state index in [0.29, 0.717) is 29.0 Å². The van der Waals surface area contributed by atoms with E-state index in [0.717, 1.165) is 17.0 Å². The number of carbonyl (C=O) groups excluding carboxylic acids is 1. The SMILES string of the molecule is Cn1c(CNc2ccc(N=C(N)N)cc2)nc2cc(C(=O)N(CCC(=O)O)c3ccc(F)cc3)ccc21. The number of guanidine groups is 1. The van der Waals surface area contributed by atoms with E-state index in [1.807, 2.05) is 23.7 Å². The van der Waals surface area contributed by atoms with Gasteiger partial charge in [-0.25, -0.2) is 14.4 Å². The van der Waals surface area contributed by atoms with Gasteiger partial charge >= 0.3 is 5.97 Å². The summed E-state index contributed by atoms with van der Waals surface area (Å²) >= 11 is 0. The van der Waals surface area contributed by atoms with Gasteiger partial charge in [0.25, 0.3) is 5.91 Å². The van der Waals surface area contributed by atoms with Crippen LogP contribution in [0.15, 0.2) is 71.7 Å². The number of halogens is 1. The summed E-state index contributed by atoms with van der Waals surface area (Å²) in [5.41, 5.74) is 14.5. The van der Waals surface area contributed by atoms with Crippen LogP contribution >= 0.6 is 0 Å². The number of aryl methyl sites for hydroxylation is 1. The number of nitrogens with one attached hydrogen (secondary N) is 1. The predicted molar refractivity (Wildman–Crippen MR) is 140 cm³/mol. The second-order valence-corrected chi connectivity index (χ2v) is 8.30. The number of hydrogen-bond acceptors (Lipinski definition) is 5. The molecule has 0 radical (unpaired) electrons. The van der Waals surface area contributed by atoms with Gasteiger partial charge in [0.05, 0.1) is 29.7 Å². The Labute approximate surface area is 212 Å². The third-order valence-corrected chi connectivity index (χ3v) is 5.73. The van der Waals surface area contributed by atoms with Crippen molar-refractivity contribution in [2.24, 2.45) is 23.5 Å². The molecule has 10 nitrogen and oxygen atoms in total. The molecule has 0 aliphatic heterocycles. The van der Waals surface area contributed by atoms with Gasteiger partial charge in [-0.05, 0) is 66.7 Å². The zero-order valence-electron chi connectivity index (χ0n) is 20.1. The van der Waals surface area contributed by atoms with Crippen molar-refractivity contribution in [3.05, 3.63) is 83.9 Å². The van der Waals surface area contributed by atoms with Crippen LogP contribution in [0, 0.1) is 5.82 Å². The molecule has 0 aliphatic rings. The van der Waals surface area contributed by atoms with Crippen molar-refractivity contribution >= 4 is 45.9 Å². The number of anilines is 2. The van der Waals surface area contributed by atoms with Gasteiger partial charge in [0.1, 0.15) is 11.6 Å². The number of fused-ring (bicyclic) bond motifs is 1. The van der Waals surface area contributed by atoms with Crippen molar-refractivity contribution in [2.45, 2.75) is 13.0 Å². The van der Waals surface area contributed by atoms with Crippen molar-refractivity contribution in [2.75, 3.05) is 16.8 Å². The Bertz CT molecular complexity index is 1460. The third kappa shape index (κ3) is 6.01. The van der Waals surface area contributed by atoms with E-state index in [-0.39, 0.29) is 18.9 Å². The number of aliphatic carboxylic acids is 1. The van der Waals surface area contributed by atoms with Gasteiger partial charge in [0.15, 0.2) is 5.96 Å². The second-order valence-electron chi connectivity index (χ2n) is 8.30. The van der Waals surface area contributed by atoms with E-state index in [9.17, 15) is 14.0 Å². The summed E-state index contributed by atoms with van der Waals surface area (Å²) in [6.45, 7) is 0.369. The van der Waals surface area contributed by atoms with Crippen LogP contribution in [0.25, 0.3) is 11.0 Å². The fourth-order valence-electron chi connectivity index (χ4n) is 3.86. The van der Waals surface area contributed by atoms with Gasteiger partial charge in [-0.1, -0.05) is 0 Å². The quantitative estimate of drug-likeness (QED) is 0.202. The van der Waals surface area contributed by atoms with Crippen LogP contribution < -0.4 is 21.7 Å². The Hall–Kier alpha value is -4.93. The molecule has 0 saturated heterocycles. The van der Waals surface area contributed by atoms with Gasteiger partial charge in [-0.3, -0.25) is 9.59 Å². The summed E-state index contributed by atoms with van der Waals surface area (Å²) in [5, 5.41) is 12.4. The monoisotopic (exact) mass is 503 g/mol. The molecule has 11 heteroatoms. The van der Waals surface area contributed by atoms with Gasteiger partial charge < -0.3 is 31.4 Å². The number of aromatic nitrogens is 2. The standard InChI is InChI=1S/C26H26FN7O3/c1-33-22-11-2-16(25(37)34(13-12-24(35)36)20-9-3-17(27)4-10-20)14-21(22)32-23(33)15-30-18-5-7-19(8-6-18)31-26(28)29/h2-11,14,30H,12-13,15H2,1H3,(H,35,36)(H4,28,29,31). The molecule has 190 valence electrons. The summed E-state index contributed by atoms with van der Waals surface area (Å²) in [6.07, 6.45) is -0.252. The van der Waals surface area contributed by atoms with Gasteiger partial charge in [0, 0.05) is 30.5 Å². The van der Waals surface area contributed by atoms with Crippen molar-refractivity contribution in [1.82, 2.24) is 9.55 Å². The molecular weight excluding hydrogens is 477 g/mol. The maximum Gasteiger partial charge on any atom is 0.305 e. The first-order valence-corrected chi connectivity index (χ1v) is 11.4. The number of hydrogen-bond donors (Lipinski definition) is 4. The van der Waals surface area contributed by atoms with Crippen LogP contribution in [0.4, 0.5) is 21.5 Å². The highest BCUT2D eigenvalue weighted by Crippen LogP contribution is 2.23. The topological polar surface area (TPSA) is 152 Å². The molecule has 3 aromatic carbocycles. The molecule has 0 atom stereocenters. The second kappa shape index (κ2) is 10.8. The van der Waals surface area contributed by atoms with Crippen molar-refractivity contribution in [3.8, 4) is 0 Å². The molecule has 1 amide bonds. The van der Waals surface area contributed by atoms with E-state index in [2.05, 4.69) is 15.3 Å². The van der Waals surface area contributed by atoms with Gasteiger partial charge in [-0.15, -0.1) is 0 Å². The number of imidazole rings is 1. The van der Waals surface area contributed by atoms with Crippen LogP contribution in [0.1, 0.15) is 22.6 Å². The Morgan fingerprint density at radius 3 is 2.43 bits per heavy atom. The molecule has 0 spiro atoms. The molecule has 0 unspecified atom stereocenters. The number of carbonyl (C=O) groups is 2. The lowest BCUT2D eigenvalue weighted by Gasteiger charge is -2.22. The smallest absolute Gasteiger partial charge is 0.305 e. The van der Waals surface area contributed by atoms with E-state index < -0.39 is 17.7 Å². The van der Waals surface area contributed by atoms with Gasteiger partial charge in [-0.2, -0.15) is 0 Å². The normalized spacial score (nSPS) is 10.8. The van der Waals surface area contributed by atoms with Crippen molar-refractivity contribution in [1.29, 1.82) is 0 Å². The molecule has 1 heterocycles. The molecule has 0 saturated carbocycles. The van der Waals surface area contributed by atoms with Crippen molar-refractivity contribution < 1.29 is 19.1 Å². The number of carboxylic acids is 1. The Morgan fingerprint density at radius 2 is 1.78 bits per heavy atom. The fourth-order valence-corrected chi connectivity index (χ4v) is 3.86. The summed E-state index contributed by atoms with van der Waals surface area (Å²) in [4.78, 5) is 34.5. The lowest BCUT2D eigenvalue weighted by Crippen LogP contribution is -2.33. The minimum Gasteiger partial charge on any atom is -0.481 e. The molecular formula is C26H26FN7O3. The van der Waals surface area contributed by atoms with Crippen LogP contribution in [-0.2, 0) is 18.4 Å². The first kappa shape index (κ1) is 25.2. The molecule has 0 aliphatic carbocycles. The minimum absolute atomic E-state index is 0.0130. The molecule has 1 aromatic heterocycles. The largest absolute Gasteiger partial charge is 0.481 e. The van der Waals surface area contributed by atoms with E-state index in [1.54, 1.807) is 30.3 Å². The summed E-state index contributed by atoms with van der Waals surface area (Å²) in [5.74, 6) is -1.16. The number of carboxylic acid groups (broad SMARTS) is 1. The lowest BCUT2D eigenvalue weighted by molar-refractivity contribution is -0.136. The zero-order chi connectivity index (χ0) is 26.5. The zero-order valence-corrected chi connectivity index (χ0v) is 20.1. The van der Waals surface area contributed by atoms with E-state index >= 15 is 0 Å². The molecule has 0 fully saturated rings. The van der Waals surface area contributed by atoms with Crippen LogP contribution in [0.2, 0.25) is 0 Å². The Morgan fingerprint density at radius 1 is 1.08 bits per heavy atom. The molecule has 4 rings (SSSR count). The average Bonchev–Trinajstić information content (AvgIpc) is 3.18. The number of aliphatic imine (C=N–C) groups is 1. The maximum absolute atomic E-state index is 13.4. The molecule has 37 heavy (non-hydrogen) atoms. The average molecular weight is 504 g/mol.